The number of para-hydroxylation sites is 1. The molecule has 3 aliphatic rings. The van der Waals surface area contributed by atoms with Crippen molar-refractivity contribution in [2.45, 2.75) is 53.4 Å². The molecule has 36 heavy (non-hydrogen) atoms. The van der Waals surface area contributed by atoms with Crippen LogP contribution in [0.4, 0.5) is 16.4 Å². The number of rotatable bonds is 6. The number of fused-ring (bicyclic) bond motifs is 3. The minimum absolute atomic E-state index is 0.130. The first kappa shape index (κ1) is 25.4. The van der Waals surface area contributed by atoms with Gasteiger partial charge in [0.15, 0.2) is 0 Å². The van der Waals surface area contributed by atoms with Gasteiger partial charge in [-0.2, -0.15) is 0 Å². The average Bonchev–Trinajstić information content (AvgIpc) is 3.23. The molecule has 1 spiro atoms. The molecule has 2 aromatic rings. The summed E-state index contributed by atoms with van der Waals surface area (Å²) in [6.45, 7) is 3.48. The predicted octanol–water partition coefficient (Wildman–Crippen LogP) is -0.286. The number of aromatic nitrogens is 2. The fourth-order valence-electron chi connectivity index (χ4n) is 4.93. The number of piperidine rings is 1. The SMILES string of the molecule is C[C@@H](CCC(=O)N(C)C)[I-]c1nc(N2CCC3(CC2)OC(=O)Nc2ccccc23)nc2c1S(=O)CC2. The second kappa shape index (κ2) is 10.2. The van der Waals surface area contributed by atoms with Crippen LogP contribution in [0.3, 0.4) is 0 Å². The van der Waals surface area contributed by atoms with E-state index in [2.05, 4.69) is 17.1 Å². The van der Waals surface area contributed by atoms with Crippen LogP contribution in [-0.2, 0) is 32.4 Å². The summed E-state index contributed by atoms with van der Waals surface area (Å²) in [5, 5.41) is 2.81. The molecular formula is C25H31IN5O4S-. The van der Waals surface area contributed by atoms with E-state index in [-0.39, 0.29) is 5.91 Å². The molecule has 2 atom stereocenters. The second-order valence-corrected chi connectivity index (χ2v) is 14.9. The molecule has 2 amide bonds. The van der Waals surface area contributed by atoms with Crippen LogP contribution in [0.15, 0.2) is 29.2 Å². The van der Waals surface area contributed by atoms with Crippen molar-refractivity contribution in [2.24, 2.45) is 0 Å². The molecule has 1 aromatic carbocycles. The van der Waals surface area contributed by atoms with Crippen LogP contribution in [0.2, 0.25) is 0 Å². The van der Waals surface area contributed by atoms with Gasteiger partial charge < -0.3 is 0 Å². The zero-order valence-electron chi connectivity index (χ0n) is 20.8. The first-order chi connectivity index (χ1) is 17.3. The van der Waals surface area contributed by atoms with E-state index in [1.807, 2.05) is 24.3 Å². The molecule has 0 radical (unpaired) electrons. The molecule has 0 aliphatic carbocycles. The number of nitrogens with zero attached hydrogens (tertiary/aromatic N) is 4. The summed E-state index contributed by atoms with van der Waals surface area (Å²) in [6, 6.07) is 7.83. The molecular weight excluding hydrogens is 593 g/mol. The van der Waals surface area contributed by atoms with Gasteiger partial charge in [-0.1, -0.05) is 0 Å². The quantitative estimate of drug-likeness (QED) is 0.268. The fourth-order valence-corrected chi connectivity index (χ4v) is 9.77. The van der Waals surface area contributed by atoms with E-state index < -0.39 is 43.7 Å². The van der Waals surface area contributed by atoms with Crippen LogP contribution in [-0.4, -0.2) is 67.9 Å². The van der Waals surface area contributed by atoms with Gasteiger partial charge in [-0.15, -0.1) is 0 Å². The number of nitrogens with one attached hydrogen (secondary N) is 1. The molecule has 4 heterocycles. The summed E-state index contributed by atoms with van der Waals surface area (Å²) in [5.41, 5.74) is 2.09. The number of benzene rings is 1. The third-order valence-electron chi connectivity index (χ3n) is 6.98. The van der Waals surface area contributed by atoms with Gasteiger partial charge in [0.05, 0.1) is 0 Å². The molecule has 9 nitrogen and oxygen atoms in total. The standard InChI is InChI=1S/C25H31IN5O4S/c1-16(8-9-20(32)30(2)3)26-22-21-19(10-15-36(21)34)27-23(29-22)31-13-11-25(12-14-31)17-6-4-5-7-18(17)28-24(33)35-25/h4-7,16H,8-15H2,1-3H3,(H,28,33)/q-1/t16-,36?/m0/s1. The summed E-state index contributed by atoms with van der Waals surface area (Å²) < 4.78 is 19.9. The van der Waals surface area contributed by atoms with Crippen LogP contribution in [0, 0.1) is 3.70 Å². The topological polar surface area (TPSA) is 105 Å². The summed E-state index contributed by atoms with van der Waals surface area (Å²) in [7, 11) is 2.50. The summed E-state index contributed by atoms with van der Waals surface area (Å²) >= 11 is -0.539. The van der Waals surface area contributed by atoms with Crippen molar-refractivity contribution in [3.8, 4) is 0 Å². The predicted molar refractivity (Wildman–Crippen MR) is 133 cm³/mol. The molecule has 3 aliphatic heterocycles. The van der Waals surface area contributed by atoms with Crippen molar-refractivity contribution in [3.05, 3.63) is 39.2 Å². The average molecular weight is 625 g/mol. The molecule has 5 rings (SSSR count). The number of ether oxygens (including phenoxy) is 1. The van der Waals surface area contributed by atoms with Crippen molar-refractivity contribution in [2.75, 3.05) is 43.2 Å². The monoisotopic (exact) mass is 624 g/mol. The van der Waals surface area contributed by atoms with Crippen LogP contribution in [0.1, 0.15) is 43.9 Å². The van der Waals surface area contributed by atoms with Gasteiger partial charge in [-0.25, -0.2) is 0 Å². The third kappa shape index (κ3) is 4.96. The van der Waals surface area contributed by atoms with Crippen molar-refractivity contribution < 1.29 is 39.7 Å². The van der Waals surface area contributed by atoms with Gasteiger partial charge >= 0.3 is 225 Å². The van der Waals surface area contributed by atoms with E-state index >= 15 is 0 Å². The van der Waals surface area contributed by atoms with Crippen molar-refractivity contribution in [1.29, 1.82) is 0 Å². The molecule has 0 saturated carbocycles. The van der Waals surface area contributed by atoms with E-state index in [0.717, 1.165) is 32.0 Å². The van der Waals surface area contributed by atoms with Gasteiger partial charge in [0, 0.05) is 0 Å². The molecule has 1 unspecified atom stereocenters. The van der Waals surface area contributed by atoms with Crippen LogP contribution >= 0.6 is 0 Å². The van der Waals surface area contributed by atoms with E-state index in [0.29, 0.717) is 54.4 Å². The van der Waals surface area contributed by atoms with E-state index in [1.54, 1.807) is 19.0 Å². The zero-order valence-corrected chi connectivity index (χ0v) is 23.7. The molecule has 1 N–H and O–H groups in total. The Morgan fingerprint density at radius 3 is 2.78 bits per heavy atom. The Bertz CT molecular complexity index is 1210. The number of aryl methyl sites for hydroxylation is 1. The maximum atomic E-state index is 12.8. The van der Waals surface area contributed by atoms with E-state index in [4.69, 9.17) is 14.7 Å². The first-order valence-electron chi connectivity index (χ1n) is 12.2. The van der Waals surface area contributed by atoms with Crippen molar-refractivity contribution in [3.63, 3.8) is 0 Å². The number of carbonyl (C=O) groups excluding carboxylic acids is 2. The number of anilines is 2. The number of amides is 2. The Labute approximate surface area is 224 Å². The molecule has 11 heteroatoms. The Kier molecular flexibility index (Phi) is 7.21. The molecule has 1 fully saturated rings. The van der Waals surface area contributed by atoms with Gasteiger partial charge in [0.1, 0.15) is 0 Å². The molecule has 0 bridgehead atoms. The Balaban J connectivity index is 1.35. The number of carbonyl (C=O) groups is 2. The summed E-state index contributed by atoms with van der Waals surface area (Å²) in [5.74, 6) is 1.41. The first-order valence-corrected chi connectivity index (χ1v) is 15.9. The number of alkyl halides is 1. The van der Waals surface area contributed by atoms with Crippen molar-refractivity contribution >= 4 is 34.4 Å². The Hall–Kier alpha value is -2.28. The number of hydrogen-bond donors (Lipinski definition) is 1. The van der Waals surface area contributed by atoms with Gasteiger partial charge in [0.25, 0.3) is 0 Å². The summed E-state index contributed by atoms with van der Waals surface area (Å²) in [4.78, 5) is 38.8. The molecule has 1 aromatic heterocycles. The Morgan fingerprint density at radius 2 is 2.03 bits per heavy atom. The van der Waals surface area contributed by atoms with Crippen LogP contribution in [0.5, 0.6) is 0 Å². The van der Waals surface area contributed by atoms with Gasteiger partial charge in [-0.3, -0.25) is 0 Å². The molecule has 194 valence electrons. The van der Waals surface area contributed by atoms with Crippen LogP contribution in [0.25, 0.3) is 0 Å². The fraction of sp³-hybridized carbons (Fsp3) is 0.520. The van der Waals surface area contributed by atoms with E-state index in [1.165, 1.54) is 0 Å². The van der Waals surface area contributed by atoms with Crippen molar-refractivity contribution in [1.82, 2.24) is 14.9 Å². The van der Waals surface area contributed by atoms with Gasteiger partial charge in [0.2, 0.25) is 0 Å². The molecule has 1 saturated heterocycles. The van der Waals surface area contributed by atoms with E-state index in [9.17, 15) is 13.8 Å². The number of halogens is 1. The summed E-state index contributed by atoms with van der Waals surface area (Å²) in [6.07, 6.45) is 2.91. The van der Waals surface area contributed by atoms with Gasteiger partial charge in [-0.05, 0) is 0 Å². The maximum absolute atomic E-state index is 12.8. The minimum atomic E-state index is -1.05. The Morgan fingerprint density at radius 1 is 1.28 bits per heavy atom. The van der Waals surface area contributed by atoms with Crippen LogP contribution < -0.4 is 31.4 Å². The zero-order chi connectivity index (χ0) is 25.4. The number of hydrogen-bond acceptors (Lipinski definition) is 7. The normalized spacial score (nSPS) is 20.9. The third-order valence-corrected chi connectivity index (χ3v) is 11.9. The second-order valence-electron chi connectivity index (χ2n) is 9.65.